The molecular weight excluding hydrogens is 660 g/mol. The number of rotatable bonds is 2. The van der Waals surface area contributed by atoms with Crippen LogP contribution in [-0.4, -0.2) is 111 Å². The van der Waals surface area contributed by atoms with Crippen molar-refractivity contribution in [1.82, 2.24) is 39.0 Å². The Morgan fingerprint density at radius 1 is 0.870 bits per heavy atom. The number of anilines is 1. The largest absolute Gasteiger partial charge is 0.472 e. The van der Waals surface area contributed by atoms with Crippen molar-refractivity contribution < 1.29 is 51.8 Å². The summed E-state index contributed by atoms with van der Waals surface area (Å²) >= 11 is 0. The van der Waals surface area contributed by atoms with Gasteiger partial charge in [0.2, 0.25) is 5.95 Å². The zero-order valence-electron chi connectivity index (χ0n) is 23.8. The van der Waals surface area contributed by atoms with E-state index in [2.05, 4.69) is 29.9 Å². The average Bonchev–Trinajstić information content (AvgIpc) is 3.72. The Labute approximate surface area is 255 Å². The van der Waals surface area contributed by atoms with Gasteiger partial charge in [0.25, 0.3) is 11.1 Å². The predicted molar refractivity (Wildman–Crippen MR) is 150 cm³/mol. The summed E-state index contributed by atoms with van der Waals surface area (Å²) in [5, 5.41) is 22.4. The van der Waals surface area contributed by atoms with Crippen LogP contribution in [0.3, 0.4) is 0 Å². The molecule has 3 fully saturated rings. The molecule has 22 nitrogen and oxygen atoms in total. The smallest absolute Gasteiger partial charge is 0.386 e. The lowest BCUT2D eigenvalue weighted by Crippen LogP contribution is -2.39. The summed E-state index contributed by atoms with van der Waals surface area (Å²) in [7, 11) is -9.10. The van der Waals surface area contributed by atoms with Crippen molar-refractivity contribution in [3.8, 4) is 0 Å². The van der Waals surface area contributed by atoms with Crippen LogP contribution in [0.2, 0.25) is 0 Å². The lowest BCUT2D eigenvalue weighted by atomic mass is 10.1. The molecule has 0 bridgehead atoms. The number of H-pyrrole nitrogens is 2. The number of fused-ring (bicyclic) bond motifs is 4. The minimum atomic E-state index is -5.02. The fraction of sp³-hybridized carbons (Fsp3) is 0.545. The highest BCUT2D eigenvalue weighted by Gasteiger charge is 2.53. The maximum Gasteiger partial charge on any atom is 0.472 e. The molecule has 3 aliphatic heterocycles. The number of aliphatic hydroxyl groups excluding tert-OH is 2. The van der Waals surface area contributed by atoms with Crippen molar-refractivity contribution in [2.75, 3.05) is 25.6 Å². The summed E-state index contributed by atoms with van der Waals surface area (Å²) in [6.45, 7) is 1.31. The number of imidazole rings is 2. The molecule has 4 aromatic heterocycles. The number of nitrogen functional groups attached to an aromatic ring is 1. The van der Waals surface area contributed by atoms with E-state index in [9.17, 15) is 33.8 Å². The number of aromatic amines is 2. The van der Waals surface area contributed by atoms with Crippen LogP contribution in [0.1, 0.15) is 18.3 Å². The quantitative estimate of drug-likeness (QED) is 0.129. The number of nitrogens with zero attached hydrogens (tertiary/aromatic N) is 6. The number of hydrogen-bond donors (Lipinski definition) is 6. The van der Waals surface area contributed by atoms with Gasteiger partial charge in [-0.05, 0) is 6.92 Å². The van der Waals surface area contributed by atoms with Gasteiger partial charge >= 0.3 is 15.4 Å². The molecule has 7 N–H and O–H groups in total. The Balaban J connectivity index is 1.18. The fourth-order valence-corrected chi connectivity index (χ4v) is 7.74. The summed E-state index contributed by atoms with van der Waals surface area (Å²) in [6, 6.07) is 0. The summed E-state index contributed by atoms with van der Waals surface area (Å²) in [5.74, 6) is 0.0173. The monoisotopic (exact) mass is 687 g/mol. The number of aromatic nitrogens is 8. The van der Waals surface area contributed by atoms with Gasteiger partial charge in [-0.2, -0.15) is 4.98 Å². The molecule has 46 heavy (non-hydrogen) atoms. The SMILES string of the molecule is Cc1nc2c(ncn2[C@@H]2O[C@@H]3COP(C)(=O)O[C@@H]4C(O)[C@H](n5cnc6c(=O)[nH]c(N)nc65)O[C@@H]4COP(=O)(O)O[C@@H]3C2O)c(=O)[nH]1. The Morgan fingerprint density at radius 3 is 2.00 bits per heavy atom. The first kappa shape index (κ1) is 31.2. The lowest BCUT2D eigenvalue weighted by molar-refractivity contribution is -0.0622. The van der Waals surface area contributed by atoms with Crippen molar-refractivity contribution in [2.24, 2.45) is 0 Å². The third-order valence-corrected chi connectivity index (χ3v) is 9.84. The number of phosphoric ester groups is 1. The Morgan fingerprint density at radius 2 is 1.39 bits per heavy atom. The molecule has 0 aromatic carbocycles. The second-order valence-corrected chi connectivity index (χ2v) is 14.3. The summed E-state index contributed by atoms with van der Waals surface area (Å²) in [5.41, 5.74) is 4.31. The van der Waals surface area contributed by atoms with Gasteiger partial charge in [-0.25, -0.2) is 19.5 Å². The highest BCUT2D eigenvalue weighted by Crippen LogP contribution is 2.53. The van der Waals surface area contributed by atoms with E-state index in [4.69, 9.17) is 33.3 Å². The second-order valence-electron chi connectivity index (χ2n) is 10.8. The molecule has 4 aromatic rings. The zero-order chi connectivity index (χ0) is 32.7. The van der Waals surface area contributed by atoms with Crippen LogP contribution < -0.4 is 16.9 Å². The van der Waals surface area contributed by atoms with Gasteiger partial charge in [-0.1, -0.05) is 0 Å². The van der Waals surface area contributed by atoms with Crippen molar-refractivity contribution >= 4 is 43.7 Å². The molecule has 3 saturated heterocycles. The van der Waals surface area contributed by atoms with Gasteiger partial charge in [0.15, 0.2) is 34.8 Å². The topological polar surface area (TPSA) is 303 Å². The third-order valence-electron chi connectivity index (χ3n) is 7.61. The summed E-state index contributed by atoms with van der Waals surface area (Å²) in [4.78, 5) is 56.3. The van der Waals surface area contributed by atoms with E-state index < -0.39 is 88.8 Å². The number of aryl methyl sites for hydroxylation is 1. The molecule has 4 unspecified atom stereocenters. The Kier molecular flexibility index (Phi) is 7.53. The molecule has 3 aliphatic rings. The molecule has 7 rings (SSSR count). The second kappa shape index (κ2) is 11.1. The first-order valence-electron chi connectivity index (χ1n) is 13.6. The van der Waals surface area contributed by atoms with Gasteiger partial charge in [0.05, 0.1) is 25.9 Å². The van der Waals surface area contributed by atoms with Crippen LogP contribution in [0.15, 0.2) is 22.2 Å². The number of hydrogen-bond acceptors (Lipinski definition) is 17. The first-order chi connectivity index (χ1) is 21.7. The van der Waals surface area contributed by atoms with E-state index in [0.717, 1.165) is 13.0 Å². The van der Waals surface area contributed by atoms with Crippen molar-refractivity contribution in [2.45, 2.75) is 56.0 Å². The van der Waals surface area contributed by atoms with Gasteiger partial charge in [0, 0.05) is 6.66 Å². The number of aliphatic hydroxyl groups is 2. The molecule has 0 amide bonds. The summed E-state index contributed by atoms with van der Waals surface area (Å²) in [6.07, 6.45) is -9.40. The minimum absolute atomic E-state index is 0.0507. The maximum absolute atomic E-state index is 13.5. The van der Waals surface area contributed by atoms with Crippen LogP contribution >= 0.6 is 15.4 Å². The van der Waals surface area contributed by atoms with Gasteiger partial charge in [-0.15, -0.1) is 0 Å². The maximum atomic E-state index is 13.5. The van der Waals surface area contributed by atoms with E-state index >= 15 is 0 Å². The van der Waals surface area contributed by atoms with Gasteiger partial charge < -0.3 is 39.8 Å². The number of nitrogens with two attached hydrogens (primary N) is 1. The highest BCUT2D eigenvalue weighted by molar-refractivity contribution is 7.53. The van der Waals surface area contributed by atoms with Crippen LogP contribution in [-0.2, 0) is 36.7 Å². The highest BCUT2D eigenvalue weighted by atomic mass is 31.2. The molecule has 7 heterocycles. The van der Waals surface area contributed by atoms with Crippen LogP contribution in [0, 0.1) is 6.92 Å². The predicted octanol–water partition coefficient (Wildman–Crippen LogP) is -1.60. The number of nitrogens with one attached hydrogen (secondary N) is 2. The van der Waals surface area contributed by atoms with E-state index in [0.29, 0.717) is 0 Å². The van der Waals surface area contributed by atoms with Crippen LogP contribution in [0.5, 0.6) is 0 Å². The molecule has 24 heteroatoms. The minimum Gasteiger partial charge on any atom is -0.386 e. The molecule has 0 spiro atoms. The molecule has 248 valence electrons. The van der Waals surface area contributed by atoms with E-state index in [1.165, 1.54) is 22.4 Å². The van der Waals surface area contributed by atoms with Crippen LogP contribution in [0.25, 0.3) is 22.3 Å². The van der Waals surface area contributed by atoms with Gasteiger partial charge in [-0.3, -0.25) is 41.8 Å². The van der Waals surface area contributed by atoms with E-state index in [1.54, 1.807) is 0 Å². The molecular formula is C22H27N9O13P2. The Hall–Kier alpha value is -3.40. The number of phosphoric acid groups is 1. The molecule has 10 atom stereocenters. The normalized spacial score (nSPS) is 37.2. The van der Waals surface area contributed by atoms with Crippen molar-refractivity contribution in [1.29, 1.82) is 0 Å². The van der Waals surface area contributed by atoms with E-state index in [-0.39, 0.29) is 34.1 Å². The Bertz CT molecular complexity index is 1900. The lowest BCUT2D eigenvalue weighted by Gasteiger charge is -2.28. The fourth-order valence-electron chi connectivity index (χ4n) is 5.59. The van der Waals surface area contributed by atoms with Crippen molar-refractivity contribution in [3.63, 3.8) is 0 Å². The van der Waals surface area contributed by atoms with Crippen molar-refractivity contribution in [3.05, 3.63) is 39.2 Å². The first-order valence-corrected chi connectivity index (χ1v) is 17.1. The molecule has 0 radical (unpaired) electrons. The number of ether oxygens (including phenoxy) is 2. The zero-order valence-corrected chi connectivity index (χ0v) is 25.6. The van der Waals surface area contributed by atoms with Gasteiger partial charge in [0.1, 0.15) is 42.4 Å². The average molecular weight is 687 g/mol. The van der Waals surface area contributed by atoms with E-state index in [1.807, 2.05) is 0 Å². The molecule has 0 saturated carbocycles. The van der Waals surface area contributed by atoms with Crippen LogP contribution in [0.4, 0.5) is 5.95 Å². The third kappa shape index (κ3) is 5.40. The standard InChI is InChI=1S/C22H27N9O13P2/c1-7-26-16-10(18(34)27-7)24-5-30(16)21-13(33)15-8(41-21)3-39-45(2,36)43-14-9(4-40-46(37,38)44-15)42-20(12(14)32)31-6-25-11-17(31)28-22(23)29-19(11)35/h5-6,8-9,12-15,20-21,32-33H,3-4H2,1-2H3,(H,37,38)(H,26,27,34)(H3,23,28,29,35)/t8-,9-,12?,13?,14+,15+,20-,21-,45?/m1/s1. The molecule has 0 aliphatic carbocycles. The summed E-state index contributed by atoms with van der Waals surface area (Å²) < 4.78 is 62.7.